The smallest absolute Gasteiger partial charge is 0.417 e. The number of carbonyl (C=O) groups excluding carboxylic acids is 1. The molecule has 120 valence electrons. The highest BCUT2D eigenvalue weighted by atomic mass is 32.1. The number of ether oxygens (including phenoxy) is 1. The molecule has 4 saturated heterocycles. The number of hydrogen-bond acceptors (Lipinski definition) is 6. The standard InChI is InChI=1S/C16H17N3O3S/c20-15-19(14-2-1-12(21-14)13-7-17-10-23-13)9-16(22-15)8-18-5-3-11(16)4-6-18/h1-2,7,10-11H,3-6,8-9H2/t16-/m0/s1. The first kappa shape index (κ1) is 13.6. The Labute approximate surface area is 137 Å². The molecule has 0 saturated carbocycles. The zero-order valence-electron chi connectivity index (χ0n) is 12.6. The molecule has 6 nitrogen and oxygen atoms in total. The molecule has 0 aliphatic carbocycles. The number of aromatic nitrogens is 1. The van der Waals surface area contributed by atoms with E-state index in [0.29, 0.717) is 18.3 Å². The van der Waals surface area contributed by atoms with Crippen LogP contribution < -0.4 is 4.90 Å². The fourth-order valence-corrected chi connectivity index (χ4v) is 4.71. The summed E-state index contributed by atoms with van der Waals surface area (Å²) in [6.07, 6.45) is 3.71. The Morgan fingerprint density at radius 3 is 2.83 bits per heavy atom. The van der Waals surface area contributed by atoms with Crippen LogP contribution in [0, 0.1) is 5.92 Å². The fraction of sp³-hybridized carbons (Fsp3) is 0.500. The summed E-state index contributed by atoms with van der Waals surface area (Å²) in [6, 6.07) is 3.73. The molecule has 4 aliphatic heterocycles. The number of amides is 1. The van der Waals surface area contributed by atoms with Crippen LogP contribution >= 0.6 is 11.3 Å². The van der Waals surface area contributed by atoms with Crippen LogP contribution in [0.4, 0.5) is 10.7 Å². The number of rotatable bonds is 2. The molecule has 1 spiro atoms. The minimum atomic E-state index is -0.356. The molecular formula is C16H17N3O3S. The van der Waals surface area contributed by atoms with Crippen molar-refractivity contribution in [2.24, 2.45) is 5.92 Å². The van der Waals surface area contributed by atoms with E-state index in [-0.39, 0.29) is 11.7 Å². The van der Waals surface area contributed by atoms with Gasteiger partial charge in [0.15, 0.2) is 0 Å². The molecule has 1 atom stereocenters. The van der Waals surface area contributed by atoms with E-state index < -0.39 is 0 Å². The molecule has 2 bridgehead atoms. The summed E-state index contributed by atoms with van der Waals surface area (Å²) in [5.74, 6) is 1.77. The van der Waals surface area contributed by atoms with Gasteiger partial charge in [0.2, 0.25) is 5.88 Å². The molecule has 1 amide bonds. The quantitative estimate of drug-likeness (QED) is 0.847. The fourth-order valence-electron chi connectivity index (χ4n) is 4.12. The molecule has 6 rings (SSSR count). The average Bonchev–Trinajstić information content (AvgIpc) is 3.28. The summed E-state index contributed by atoms with van der Waals surface area (Å²) < 4.78 is 11.7. The highest BCUT2D eigenvalue weighted by Crippen LogP contribution is 2.43. The molecule has 7 heteroatoms. The van der Waals surface area contributed by atoms with Crippen molar-refractivity contribution in [1.29, 1.82) is 0 Å². The highest BCUT2D eigenvalue weighted by Gasteiger charge is 2.56. The lowest BCUT2D eigenvalue weighted by Gasteiger charge is -2.49. The minimum absolute atomic E-state index is 0.288. The Bertz CT molecular complexity index is 736. The van der Waals surface area contributed by atoms with E-state index in [4.69, 9.17) is 9.15 Å². The van der Waals surface area contributed by atoms with E-state index in [9.17, 15) is 4.79 Å². The van der Waals surface area contributed by atoms with Gasteiger partial charge in [-0.15, -0.1) is 11.3 Å². The zero-order chi connectivity index (χ0) is 15.4. The molecular weight excluding hydrogens is 314 g/mol. The number of fused-ring (bicyclic) bond motifs is 2. The lowest BCUT2D eigenvalue weighted by Crippen LogP contribution is -2.61. The van der Waals surface area contributed by atoms with Gasteiger partial charge in [-0.3, -0.25) is 9.88 Å². The van der Waals surface area contributed by atoms with Crippen molar-refractivity contribution in [3.05, 3.63) is 23.8 Å². The maximum absolute atomic E-state index is 12.4. The van der Waals surface area contributed by atoms with Crippen molar-refractivity contribution < 1.29 is 13.9 Å². The van der Waals surface area contributed by atoms with Crippen molar-refractivity contribution in [2.75, 3.05) is 31.1 Å². The summed E-state index contributed by atoms with van der Waals surface area (Å²) in [6.45, 7) is 3.69. The normalized spacial score (nSPS) is 32.7. The summed E-state index contributed by atoms with van der Waals surface area (Å²) in [5, 5.41) is 0. The second-order valence-electron chi connectivity index (χ2n) is 6.57. The topological polar surface area (TPSA) is 58.8 Å². The Morgan fingerprint density at radius 1 is 1.26 bits per heavy atom. The van der Waals surface area contributed by atoms with Gasteiger partial charge in [0.25, 0.3) is 0 Å². The number of nitrogens with zero attached hydrogens (tertiary/aromatic N) is 3. The van der Waals surface area contributed by atoms with E-state index >= 15 is 0 Å². The first-order chi connectivity index (χ1) is 11.2. The van der Waals surface area contributed by atoms with Crippen LogP contribution in [0.25, 0.3) is 10.6 Å². The van der Waals surface area contributed by atoms with E-state index in [1.807, 2.05) is 12.1 Å². The maximum Gasteiger partial charge on any atom is 0.417 e. The van der Waals surface area contributed by atoms with Gasteiger partial charge < -0.3 is 9.15 Å². The first-order valence-electron chi connectivity index (χ1n) is 7.95. The van der Waals surface area contributed by atoms with Crippen molar-refractivity contribution >= 4 is 23.3 Å². The molecule has 2 aromatic heterocycles. The molecule has 23 heavy (non-hydrogen) atoms. The summed E-state index contributed by atoms with van der Waals surface area (Å²) >= 11 is 1.52. The largest absolute Gasteiger partial charge is 0.439 e. The average molecular weight is 331 g/mol. The first-order valence-corrected chi connectivity index (χ1v) is 8.83. The molecule has 6 heterocycles. The van der Waals surface area contributed by atoms with Crippen LogP contribution in [-0.4, -0.2) is 47.8 Å². The van der Waals surface area contributed by atoms with E-state index in [1.54, 1.807) is 16.6 Å². The van der Waals surface area contributed by atoms with Gasteiger partial charge in [0.1, 0.15) is 11.4 Å². The molecule has 2 aromatic rings. The number of hydrogen-bond donors (Lipinski definition) is 0. The van der Waals surface area contributed by atoms with Gasteiger partial charge in [-0.05, 0) is 32.0 Å². The summed E-state index contributed by atoms with van der Waals surface area (Å²) in [5.41, 5.74) is 1.41. The third-order valence-corrected chi connectivity index (χ3v) is 6.08. The lowest BCUT2D eigenvalue weighted by atomic mass is 9.75. The monoisotopic (exact) mass is 331 g/mol. The summed E-state index contributed by atoms with van der Waals surface area (Å²) in [4.78, 5) is 21.5. The van der Waals surface area contributed by atoms with Gasteiger partial charge in [0.05, 0.1) is 16.9 Å². The molecule has 0 unspecified atom stereocenters. The van der Waals surface area contributed by atoms with Crippen molar-refractivity contribution in [2.45, 2.75) is 18.4 Å². The summed E-state index contributed by atoms with van der Waals surface area (Å²) in [7, 11) is 0. The van der Waals surface area contributed by atoms with Crippen LogP contribution in [0.5, 0.6) is 0 Å². The predicted octanol–water partition coefficient (Wildman–Crippen LogP) is 2.82. The van der Waals surface area contributed by atoms with Crippen molar-refractivity contribution in [3.63, 3.8) is 0 Å². The third kappa shape index (κ3) is 2.03. The molecule has 0 N–H and O–H groups in total. The Morgan fingerprint density at radius 2 is 2.13 bits per heavy atom. The number of piperidine rings is 3. The van der Waals surface area contributed by atoms with Crippen LogP contribution in [0.1, 0.15) is 12.8 Å². The van der Waals surface area contributed by atoms with Gasteiger partial charge >= 0.3 is 6.09 Å². The molecule has 4 aliphatic rings. The van der Waals surface area contributed by atoms with Crippen LogP contribution in [0.3, 0.4) is 0 Å². The molecule has 4 fully saturated rings. The van der Waals surface area contributed by atoms with Crippen molar-refractivity contribution in [3.8, 4) is 10.6 Å². The second-order valence-corrected chi connectivity index (χ2v) is 7.46. The molecule has 0 aromatic carbocycles. The number of anilines is 1. The lowest BCUT2D eigenvalue weighted by molar-refractivity contribution is -0.0881. The minimum Gasteiger partial charge on any atom is -0.439 e. The van der Waals surface area contributed by atoms with Crippen LogP contribution in [-0.2, 0) is 4.74 Å². The van der Waals surface area contributed by atoms with Crippen LogP contribution in [0.15, 0.2) is 28.3 Å². The zero-order valence-corrected chi connectivity index (χ0v) is 13.4. The Balaban J connectivity index is 1.43. The maximum atomic E-state index is 12.4. The molecule has 0 radical (unpaired) electrons. The number of carbonyl (C=O) groups is 1. The number of furan rings is 1. The Hall–Kier alpha value is -1.86. The second kappa shape index (κ2) is 4.82. The van der Waals surface area contributed by atoms with E-state index in [2.05, 4.69) is 9.88 Å². The number of thiazole rings is 1. The Kier molecular flexibility index (Phi) is 2.84. The van der Waals surface area contributed by atoms with E-state index in [0.717, 1.165) is 43.1 Å². The van der Waals surface area contributed by atoms with Gasteiger partial charge in [0, 0.05) is 24.7 Å². The highest BCUT2D eigenvalue weighted by molar-refractivity contribution is 7.13. The predicted molar refractivity (Wildman–Crippen MR) is 85.5 cm³/mol. The van der Waals surface area contributed by atoms with Gasteiger partial charge in [-0.1, -0.05) is 0 Å². The van der Waals surface area contributed by atoms with Crippen molar-refractivity contribution in [1.82, 2.24) is 9.88 Å². The SMILES string of the molecule is O=C1O[C@@]2(CN3CCC2CC3)CN1c1ccc(-c2cncs2)o1. The third-order valence-electron chi connectivity index (χ3n) is 5.29. The van der Waals surface area contributed by atoms with Gasteiger partial charge in [-0.25, -0.2) is 9.69 Å². The van der Waals surface area contributed by atoms with Gasteiger partial charge in [-0.2, -0.15) is 0 Å². The van der Waals surface area contributed by atoms with E-state index in [1.165, 1.54) is 11.3 Å². The van der Waals surface area contributed by atoms with Crippen LogP contribution in [0.2, 0.25) is 0 Å².